The van der Waals surface area contributed by atoms with Crippen molar-refractivity contribution >= 4 is 40.7 Å². The molecule has 1 saturated heterocycles. The Morgan fingerprint density at radius 3 is 1.70 bits per heavy atom. The lowest BCUT2D eigenvalue weighted by molar-refractivity contribution is -0.385. The highest BCUT2D eigenvalue weighted by molar-refractivity contribution is 6.30. The predicted molar refractivity (Wildman–Crippen MR) is 156 cm³/mol. The van der Waals surface area contributed by atoms with Crippen molar-refractivity contribution in [1.82, 2.24) is 10.0 Å². The van der Waals surface area contributed by atoms with Crippen LogP contribution in [-0.2, 0) is 16.1 Å². The molecule has 3 amide bonds. The first-order valence-electron chi connectivity index (χ1n) is 13.7. The van der Waals surface area contributed by atoms with Gasteiger partial charge in [-0.2, -0.15) is 5.01 Å². The molecule has 0 radical (unpaired) electrons. The molecule has 0 N–H and O–H groups in total. The molecule has 1 heterocycles. The van der Waals surface area contributed by atoms with Gasteiger partial charge in [0.25, 0.3) is 29.1 Å². The van der Waals surface area contributed by atoms with Crippen molar-refractivity contribution in [1.29, 1.82) is 0 Å². The van der Waals surface area contributed by atoms with Crippen molar-refractivity contribution in [2.24, 2.45) is 11.8 Å². The molecule has 0 saturated carbocycles. The van der Waals surface area contributed by atoms with E-state index in [4.69, 9.17) is 11.6 Å². The molecule has 4 aromatic rings. The summed E-state index contributed by atoms with van der Waals surface area (Å²) in [5.74, 6) is -4.47. The lowest BCUT2D eigenvalue weighted by Gasteiger charge is -2.45. The summed E-state index contributed by atoms with van der Waals surface area (Å²) in [7, 11) is 0. The number of halogens is 1. The lowest BCUT2D eigenvalue weighted by Crippen LogP contribution is -2.50. The molecule has 0 unspecified atom stereocenters. The third-order valence-corrected chi connectivity index (χ3v) is 9.03. The molecule has 2 atom stereocenters. The third kappa shape index (κ3) is 4.00. The maximum atomic E-state index is 14.4. The highest BCUT2D eigenvalue weighted by atomic mass is 35.5. The van der Waals surface area contributed by atoms with Crippen molar-refractivity contribution in [2.45, 2.75) is 18.4 Å². The van der Waals surface area contributed by atoms with Gasteiger partial charge in [0.15, 0.2) is 0 Å². The van der Waals surface area contributed by atoms with E-state index in [0.717, 1.165) is 50.5 Å². The quantitative estimate of drug-likeness (QED) is 0.157. The number of non-ortho nitro benzene ring substituents is 1. The van der Waals surface area contributed by atoms with Gasteiger partial charge in [-0.3, -0.25) is 34.6 Å². The molecule has 44 heavy (non-hydrogen) atoms. The van der Waals surface area contributed by atoms with Crippen LogP contribution in [0.15, 0.2) is 91.0 Å². The molecule has 8 rings (SSSR count). The summed E-state index contributed by atoms with van der Waals surface area (Å²) in [5, 5.41) is 25.0. The second-order valence-corrected chi connectivity index (χ2v) is 11.4. The van der Waals surface area contributed by atoms with Crippen molar-refractivity contribution in [3.05, 3.63) is 150 Å². The summed E-state index contributed by atoms with van der Waals surface area (Å²) in [6.07, 6.45) is 0. The largest absolute Gasteiger partial charge is 0.275 e. The number of nitrogens with zero attached hydrogens (tertiary/aromatic N) is 4. The number of rotatable bonds is 6. The first kappa shape index (κ1) is 27.4. The minimum absolute atomic E-state index is 0.0414. The van der Waals surface area contributed by atoms with E-state index in [1.54, 1.807) is 0 Å². The number of carbonyl (C=O) groups is 3. The molecule has 0 aromatic heterocycles. The average molecular weight is 609 g/mol. The van der Waals surface area contributed by atoms with Gasteiger partial charge in [-0.15, -0.1) is 0 Å². The van der Waals surface area contributed by atoms with Crippen LogP contribution >= 0.6 is 11.6 Å². The second kappa shape index (κ2) is 10.1. The summed E-state index contributed by atoms with van der Waals surface area (Å²) in [4.78, 5) is 64.8. The predicted octanol–water partition coefficient (Wildman–Crippen LogP) is 5.61. The van der Waals surface area contributed by atoms with Crippen LogP contribution in [0.25, 0.3) is 0 Å². The van der Waals surface area contributed by atoms with Crippen LogP contribution in [0, 0.1) is 32.1 Å². The van der Waals surface area contributed by atoms with Gasteiger partial charge in [-0.25, -0.2) is 5.01 Å². The fraction of sp³-hybridized carbons (Fsp3) is 0.156. The molecule has 11 nitrogen and oxygen atoms in total. The van der Waals surface area contributed by atoms with Gasteiger partial charge < -0.3 is 0 Å². The minimum atomic E-state index is -0.827. The molecule has 1 fully saturated rings. The Bertz CT molecular complexity index is 1810. The SMILES string of the molecule is O=C(c1ccc([N+](=O)[O-])cc1)N(Cc1ccc(Cl)cc1[N+](=O)[O-])N1C(=O)[C@H]2C3c4ccccc4C(c4ccccc43)[C@@H]2C1=O. The van der Waals surface area contributed by atoms with E-state index in [-0.39, 0.29) is 21.8 Å². The number of hydrogen-bond acceptors (Lipinski definition) is 7. The Kier molecular flexibility index (Phi) is 6.29. The molecule has 4 aliphatic rings. The number of imide groups is 1. The molecule has 0 spiro atoms. The smallest absolute Gasteiger partial charge is 0.272 e. The van der Waals surface area contributed by atoms with Gasteiger partial charge in [0, 0.05) is 40.6 Å². The summed E-state index contributed by atoms with van der Waals surface area (Å²) >= 11 is 6.02. The van der Waals surface area contributed by atoms with E-state index in [1.807, 2.05) is 48.5 Å². The van der Waals surface area contributed by atoms with Gasteiger partial charge in [0.1, 0.15) is 0 Å². The minimum Gasteiger partial charge on any atom is -0.272 e. The molecule has 3 aliphatic carbocycles. The normalized spacial score (nSPS) is 21.0. The van der Waals surface area contributed by atoms with E-state index < -0.39 is 63.5 Å². The zero-order chi connectivity index (χ0) is 30.9. The Morgan fingerprint density at radius 2 is 1.25 bits per heavy atom. The standard InChI is InChI=1S/C32H21ClN4O7/c33-19-12-9-18(25(15-19)37(43)44)16-34(30(38)17-10-13-20(14-11-17)36(41)42)35-31(39)28-26-21-5-1-2-6-22(21)27(29(28)32(35)40)24-8-4-3-7-23(24)26/h1-15,26-29H,16H2/t26?,27?,28-,29-/m0/s1. The van der Waals surface area contributed by atoms with Crippen LogP contribution in [0.5, 0.6) is 0 Å². The number of nitro benzene ring substituents is 2. The molecular formula is C32H21ClN4O7. The lowest BCUT2D eigenvalue weighted by atomic mass is 9.55. The second-order valence-electron chi connectivity index (χ2n) is 10.9. The fourth-order valence-electron chi connectivity index (χ4n) is 7.01. The van der Waals surface area contributed by atoms with Crippen molar-refractivity contribution in [2.75, 3.05) is 0 Å². The van der Waals surface area contributed by atoms with Gasteiger partial charge in [0.2, 0.25) is 0 Å². The van der Waals surface area contributed by atoms with E-state index in [0.29, 0.717) is 0 Å². The molecule has 218 valence electrons. The summed E-state index contributed by atoms with van der Waals surface area (Å²) in [6.45, 7) is -0.505. The van der Waals surface area contributed by atoms with Gasteiger partial charge in [0.05, 0.1) is 33.8 Å². The highest BCUT2D eigenvalue weighted by Gasteiger charge is 2.63. The van der Waals surface area contributed by atoms with Crippen LogP contribution in [0.4, 0.5) is 11.4 Å². The fourth-order valence-corrected chi connectivity index (χ4v) is 7.18. The first-order chi connectivity index (χ1) is 21.2. The maximum absolute atomic E-state index is 14.4. The topological polar surface area (TPSA) is 144 Å². The summed E-state index contributed by atoms with van der Waals surface area (Å²) in [6, 6.07) is 24.0. The number of hydrazine groups is 1. The van der Waals surface area contributed by atoms with Crippen molar-refractivity contribution in [3.8, 4) is 0 Å². The van der Waals surface area contributed by atoms with Crippen LogP contribution in [0.1, 0.15) is 50.0 Å². The van der Waals surface area contributed by atoms with Crippen LogP contribution in [0.2, 0.25) is 5.02 Å². The molecule has 4 aromatic carbocycles. The third-order valence-electron chi connectivity index (χ3n) is 8.79. The van der Waals surface area contributed by atoms with Gasteiger partial charge in [-0.05, 0) is 46.5 Å². The maximum Gasteiger partial charge on any atom is 0.275 e. The highest BCUT2D eigenvalue weighted by Crippen LogP contribution is 2.61. The number of nitro groups is 2. The van der Waals surface area contributed by atoms with Gasteiger partial charge in [-0.1, -0.05) is 60.1 Å². The van der Waals surface area contributed by atoms with E-state index >= 15 is 0 Å². The average Bonchev–Trinajstić information content (AvgIpc) is 3.29. The number of amides is 3. The van der Waals surface area contributed by atoms with E-state index in [1.165, 1.54) is 24.3 Å². The molecule has 1 aliphatic heterocycles. The molecular weight excluding hydrogens is 588 g/mol. The Morgan fingerprint density at radius 1 is 0.750 bits per heavy atom. The van der Waals surface area contributed by atoms with Crippen molar-refractivity contribution < 1.29 is 24.2 Å². The van der Waals surface area contributed by atoms with Crippen LogP contribution in [-0.4, -0.2) is 37.6 Å². The monoisotopic (exact) mass is 608 g/mol. The summed E-state index contributed by atoms with van der Waals surface area (Å²) < 4.78 is 0. The Labute approximate surface area is 254 Å². The van der Waals surface area contributed by atoms with Crippen molar-refractivity contribution in [3.63, 3.8) is 0 Å². The summed E-state index contributed by atoms with van der Waals surface area (Å²) in [5.41, 5.74) is 3.13. The Balaban J connectivity index is 1.36. The molecule has 12 heteroatoms. The van der Waals surface area contributed by atoms with E-state index in [2.05, 4.69) is 0 Å². The van der Waals surface area contributed by atoms with Gasteiger partial charge >= 0.3 is 0 Å². The Hall–Kier alpha value is -5.42. The number of hydrogen-bond donors (Lipinski definition) is 0. The van der Waals surface area contributed by atoms with Crippen LogP contribution < -0.4 is 0 Å². The first-order valence-corrected chi connectivity index (χ1v) is 14.1. The van der Waals surface area contributed by atoms with E-state index in [9.17, 15) is 34.6 Å². The van der Waals surface area contributed by atoms with Crippen LogP contribution in [0.3, 0.4) is 0 Å². The zero-order valence-electron chi connectivity index (χ0n) is 22.7. The number of carbonyl (C=O) groups excluding carboxylic acids is 3. The number of benzene rings is 4. The molecule has 2 bridgehead atoms. The zero-order valence-corrected chi connectivity index (χ0v) is 23.5.